The van der Waals surface area contributed by atoms with Crippen molar-refractivity contribution in [2.45, 2.75) is 26.5 Å². The van der Waals surface area contributed by atoms with E-state index >= 15 is 0 Å². The van der Waals surface area contributed by atoms with Gasteiger partial charge in [-0.15, -0.1) is 0 Å². The summed E-state index contributed by atoms with van der Waals surface area (Å²) in [6, 6.07) is 13.1. The molecule has 2 heterocycles. The molecule has 41 heavy (non-hydrogen) atoms. The molecule has 0 spiro atoms. The van der Waals surface area contributed by atoms with Crippen molar-refractivity contribution >= 4 is 29.2 Å². The molecule has 9 nitrogen and oxygen atoms in total. The van der Waals surface area contributed by atoms with Crippen molar-refractivity contribution in [3.63, 3.8) is 0 Å². The molecule has 0 radical (unpaired) electrons. The average molecular weight is 561 g/mol. The summed E-state index contributed by atoms with van der Waals surface area (Å²) < 4.78 is 40.1. The lowest BCUT2D eigenvalue weighted by Gasteiger charge is -2.16. The van der Waals surface area contributed by atoms with E-state index in [2.05, 4.69) is 25.6 Å². The van der Waals surface area contributed by atoms with E-state index in [9.17, 15) is 13.6 Å². The maximum absolute atomic E-state index is 14.8. The fourth-order valence-electron chi connectivity index (χ4n) is 4.07. The third kappa shape index (κ3) is 7.46. The summed E-state index contributed by atoms with van der Waals surface area (Å²) in [5, 5.41) is 6.43. The van der Waals surface area contributed by atoms with Crippen molar-refractivity contribution in [3.8, 4) is 5.75 Å². The van der Waals surface area contributed by atoms with Crippen molar-refractivity contribution in [1.82, 2.24) is 15.0 Å². The van der Waals surface area contributed by atoms with Crippen LogP contribution in [0, 0.1) is 18.6 Å². The van der Waals surface area contributed by atoms with E-state index in [4.69, 9.17) is 14.5 Å². The standard InChI is InChI=1S/C30H30F2N6O3/c1-19-16-34-10-9-26(19)37-28-13-20(18-40-3)36-30(38-28)29(33-2)22-7-4-5-8-27(22)35-17-23-24(31)14-21(15-25(23)32)41-12-6-11-39/h4-5,7-11,13-16,35H,6,12,17-18H2,1-3H3,(H,34,36,37,38). The number of anilines is 3. The molecule has 0 unspecified atom stereocenters. The Morgan fingerprint density at radius 1 is 1.07 bits per heavy atom. The number of benzene rings is 2. The van der Waals surface area contributed by atoms with Crippen LogP contribution in [-0.2, 0) is 22.7 Å². The SMILES string of the molecule is CN=C(c1nc(COC)cc(Nc2ccncc2C)n1)c1ccccc1NCc1c(F)cc(OCCC=O)cc1F. The Bertz CT molecular complexity index is 1520. The highest BCUT2D eigenvalue weighted by molar-refractivity contribution is 6.14. The molecular formula is C30H30F2N6O3. The monoisotopic (exact) mass is 560 g/mol. The average Bonchev–Trinajstić information content (AvgIpc) is 2.95. The summed E-state index contributed by atoms with van der Waals surface area (Å²) in [7, 11) is 3.21. The number of methoxy groups -OCH3 is 1. The number of rotatable bonds is 13. The van der Waals surface area contributed by atoms with Gasteiger partial charge in [0.05, 0.1) is 18.9 Å². The molecule has 0 atom stereocenters. The van der Waals surface area contributed by atoms with Crippen molar-refractivity contribution in [3.05, 3.63) is 101 Å². The fourth-order valence-corrected chi connectivity index (χ4v) is 4.07. The Kier molecular flexibility index (Phi) is 10.0. The number of aldehydes is 1. The fraction of sp³-hybridized carbons (Fsp3) is 0.233. The zero-order valence-corrected chi connectivity index (χ0v) is 22.9. The van der Waals surface area contributed by atoms with Gasteiger partial charge in [-0.3, -0.25) is 9.98 Å². The molecule has 0 aliphatic rings. The molecule has 212 valence electrons. The number of aliphatic imine (C=N–C) groups is 1. The number of hydrogen-bond acceptors (Lipinski definition) is 9. The smallest absolute Gasteiger partial charge is 0.180 e. The lowest BCUT2D eigenvalue weighted by atomic mass is 10.1. The highest BCUT2D eigenvalue weighted by Crippen LogP contribution is 2.25. The minimum atomic E-state index is -0.766. The number of aryl methyl sites for hydroxylation is 1. The molecular weight excluding hydrogens is 530 g/mol. The zero-order valence-electron chi connectivity index (χ0n) is 22.9. The van der Waals surface area contributed by atoms with E-state index < -0.39 is 11.6 Å². The Labute approximate surface area is 236 Å². The molecule has 0 saturated carbocycles. The number of hydrogen-bond donors (Lipinski definition) is 2. The number of carbonyl (C=O) groups excluding carboxylic acids is 1. The summed E-state index contributed by atoms with van der Waals surface area (Å²) in [5.41, 5.74) is 3.96. The van der Waals surface area contributed by atoms with Crippen LogP contribution in [0.3, 0.4) is 0 Å². The maximum Gasteiger partial charge on any atom is 0.180 e. The number of ether oxygens (including phenoxy) is 2. The molecule has 0 saturated heterocycles. The van der Waals surface area contributed by atoms with E-state index in [1.54, 1.807) is 44.8 Å². The van der Waals surface area contributed by atoms with Gasteiger partial charge in [-0.2, -0.15) is 0 Å². The second kappa shape index (κ2) is 14.0. The van der Waals surface area contributed by atoms with Gasteiger partial charge in [0.2, 0.25) is 0 Å². The Morgan fingerprint density at radius 2 is 1.85 bits per heavy atom. The first-order valence-electron chi connectivity index (χ1n) is 12.8. The van der Waals surface area contributed by atoms with Crippen LogP contribution in [0.4, 0.5) is 26.0 Å². The number of nitrogens with zero attached hydrogens (tertiary/aromatic N) is 4. The van der Waals surface area contributed by atoms with Gasteiger partial charge in [-0.1, -0.05) is 18.2 Å². The number of halogens is 2. The highest BCUT2D eigenvalue weighted by atomic mass is 19.1. The molecule has 2 N–H and O–H groups in total. The third-order valence-corrected chi connectivity index (χ3v) is 6.05. The summed E-state index contributed by atoms with van der Waals surface area (Å²) >= 11 is 0. The molecule has 0 aliphatic carbocycles. The predicted molar refractivity (Wildman–Crippen MR) is 153 cm³/mol. The van der Waals surface area contributed by atoms with Crippen molar-refractivity contribution in [2.75, 3.05) is 31.4 Å². The molecule has 2 aromatic carbocycles. The first kappa shape index (κ1) is 29.2. The van der Waals surface area contributed by atoms with Crippen molar-refractivity contribution in [1.29, 1.82) is 0 Å². The van der Waals surface area contributed by atoms with Crippen LogP contribution < -0.4 is 15.4 Å². The zero-order chi connectivity index (χ0) is 29.2. The second-order valence-corrected chi connectivity index (χ2v) is 8.96. The first-order chi connectivity index (χ1) is 19.9. The largest absolute Gasteiger partial charge is 0.493 e. The molecule has 11 heteroatoms. The van der Waals surface area contributed by atoms with Crippen LogP contribution in [0.2, 0.25) is 0 Å². The summed E-state index contributed by atoms with van der Waals surface area (Å²) in [6.45, 7) is 2.09. The summed E-state index contributed by atoms with van der Waals surface area (Å²) in [5.74, 6) is -0.621. The van der Waals surface area contributed by atoms with Gasteiger partial charge < -0.3 is 24.9 Å². The predicted octanol–water partition coefficient (Wildman–Crippen LogP) is 5.40. The lowest BCUT2D eigenvalue weighted by molar-refractivity contribution is -0.108. The highest BCUT2D eigenvalue weighted by Gasteiger charge is 2.18. The summed E-state index contributed by atoms with van der Waals surface area (Å²) in [6.07, 6.45) is 4.24. The first-order valence-corrected chi connectivity index (χ1v) is 12.8. The van der Waals surface area contributed by atoms with E-state index in [0.29, 0.717) is 40.6 Å². The summed E-state index contributed by atoms with van der Waals surface area (Å²) in [4.78, 5) is 28.5. The molecule has 2 aromatic heterocycles. The van der Waals surface area contributed by atoms with E-state index in [1.165, 1.54) is 0 Å². The lowest BCUT2D eigenvalue weighted by Crippen LogP contribution is -2.15. The van der Waals surface area contributed by atoms with Crippen LogP contribution in [0.5, 0.6) is 5.75 Å². The van der Waals surface area contributed by atoms with E-state index in [1.807, 2.05) is 25.1 Å². The third-order valence-electron chi connectivity index (χ3n) is 6.05. The minimum Gasteiger partial charge on any atom is -0.493 e. The van der Waals surface area contributed by atoms with Crippen LogP contribution in [0.15, 0.2) is 65.9 Å². The van der Waals surface area contributed by atoms with Gasteiger partial charge in [-0.25, -0.2) is 18.7 Å². The second-order valence-electron chi connectivity index (χ2n) is 8.96. The Morgan fingerprint density at radius 3 is 2.56 bits per heavy atom. The number of para-hydroxylation sites is 1. The van der Waals surface area contributed by atoms with Gasteiger partial charge in [0, 0.05) is 80.2 Å². The maximum atomic E-state index is 14.8. The quantitative estimate of drug-likeness (QED) is 0.127. The Balaban J connectivity index is 1.62. The molecule has 0 aliphatic heterocycles. The van der Waals surface area contributed by atoms with E-state index in [-0.39, 0.29) is 37.5 Å². The molecule has 0 fully saturated rings. The van der Waals surface area contributed by atoms with Crippen LogP contribution in [0.25, 0.3) is 0 Å². The molecule has 0 amide bonds. The molecule has 0 bridgehead atoms. The van der Waals surface area contributed by atoms with Gasteiger partial charge in [0.1, 0.15) is 35.2 Å². The van der Waals surface area contributed by atoms with Gasteiger partial charge >= 0.3 is 0 Å². The van der Waals surface area contributed by atoms with Gasteiger partial charge in [0.15, 0.2) is 5.82 Å². The van der Waals surface area contributed by atoms with Crippen LogP contribution in [-0.4, -0.2) is 47.7 Å². The number of aromatic nitrogens is 3. The van der Waals surface area contributed by atoms with E-state index in [0.717, 1.165) is 23.4 Å². The molecule has 4 rings (SSSR count). The number of carbonyl (C=O) groups is 1. The van der Waals surface area contributed by atoms with Crippen LogP contribution in [0.1, 0.15) is 34.6 Å². The topological polar surface area (TPSA) is 111 Å². The number of nitrogens with one attached hydrogen (secondary N) is 2. The van der Waals surface area contributed by atoms with Gasteiger partial charge in [-0.05, 0) is 24.6 Å². The number of pyridine rings is 1. The molecule has 4 aromatic rings. The van der Waals surface area contributed by atoms with Crippen LogP contribution >= 0.6 is 0 Å². The minimum absolute atomic E-state index is 0.0193. The van der Waals surface area contributed by atoms with Crippen molar-refractivity contribution in [2.24, 2.45) is 4.99 Å². The van der Waals surface area contributed by atoms with Crippen molar-refractivity contribution < 1.29 is 23.0 Å². The van der Waals surface area contributed by atoms with Gasteiger partial charge in [0.25, 0.3) is 0 Å². The Hall–Kier alpha value is -4.77. The normalized spacial score (nSPS) is 11.3.